The highest BCUT2D eigenvalue weighted by Crippen LogP contribution is 2.20. The Balaban J connectivity index is 1.89. The normalized spacial score (nSPS) is 10.3. The lowest BCUT2D eigenvalue weighted by molar-refractivity contribution is -0.142. The molecule has 0 bridgehead atoms. The number of anilines is 1. The number of carbonyl (C=O) groups excluding carboxylic acids is 2. The van der Waals surface area contributed by atoms with E-state index in [1.165, 1.54) is 18.2 Å². The molecule has 25 heavy (non-hydrogen) atoms. The van der Waals surface area contributed by atoms with E-state index in [0.29, 0.717) is 5.02 Å². The third-order valence-electron chi connectivity index (χ3n) is 3.18. The quantitative estimate of drug-likeness (QED) is 0.655. The average molecular weight is 355 g/mol. The second-order valence-electron chi connectivity index (χ2n) is 5.21. The van der Waals surface area contributed by atoms with E-state index < -0.39 is 18.5 Å². The van der Waals surface area contributed by atoms with E-state index in [-0.39, 0.29) is 11.3 Å². The lowest BCUT2D eigenvalue weighted by Crippen LogP contribution is -2.20. The summed E-state index contributed by atoms with van der Waals surface area (Å²) in [5, 5.41) is 11.9. The predicted molar refractivity (Wildman–Crippen MR) is 96.0 cm³/mol. The number of esters is 1. The number of ether oxygens (including phenoxy) is 1. The SMILES string of the molecule is Cc1cccc(/C=C/C(=O)OCC(=O)Nc2cc(Cl)ccc2C#N)c1. The van der Waals surface area contributed by atoms with E-state index in [0.717, 1.165) is 11.1 Å². The summed E-state index contributed by atoms with van der Waals surface area (Å²) in [6.07, 6.45) is 2.86. The Morgan fingerprint density at radius 3 is 2.80 bits per heavy atom. The van der Waals surface area contributed by atoms with Gasteiger partial charge in [-0.3, -0.25) is 4.79 Å². The van der Waals surface area contributed by atoms with Gasteiger partial charge in [0.2, 0.25) is 0 Å². The molecule has 0 aliphatic carbocycles. The van der Waals surface area contributed by atoms with Gasteiger partial charge in [0, 0.05) is 11.1 Å². The molecule has 0 aliphatic heterocycles. The summed E-state index contributed by atoms with van der Waals surface area (Å²) < 4.78 is 4.88. The molecule has 6 heteroatoms. The molecule has 2 aromatic rings. The highest BCUT2D eigenvalue weighted by atomic mass is 35.5. The monoisotopic (exact) mass is 354 g/mol. The minimum absolute atomic E-state index is 0.267. The van der Waals surface area contributed by atoms with E-state index >= 15 is 0 Å². The Bertz CT molecular complexity index is 869. The molecule has 0 saturated heterocycles. The number of nitriles is 1. The molecule has 0 unspecified atom stereocenters. The fraction of sp³-hybridized carbons (Fsp3) is 0.105. The minimum atomic E-state index is -0.636. The topological polar surface area (TPSA) is 79.2 Å². The van der Waals surface area contributed by atoms with Gasteiger partial charge in [-0.05, 0) is 36.8 Å². The van der Waals surface area contributed by atoms with Crippen LogP contribution in [0.3, 0.4) is 0 Å². The zero-order valence-electron chi connectivity index (χ0n) is 13.5. The van der Waals surface area contributed by atoms with Crippen LogP contribution in [0.1, 0.15) is 16.7 Å². The third-order valence-corrected chi connectivity index (χ3v) is 3.41. The van der Waals surface area contributed by atoms with Crippen molar-refractivity contribution in [3.05, 3.63) is 70.3 Å². The molecule has 2 aromatic carbocycles. The number of rotatable bonds is 5. The first-order valence-corrected chi connectivity index (χ1v) is 7.77. The largest absolute Gasteiger partial charge is 0.452 e. The maximum Gasteiger partial charge on any atom is 0.331 e. The molecule has 0 spiro atoms. The van der Waals surface area contributed by atoms with Crippen LogP contribution in [0.4, 0.5) is 5.69 Å². The van der Waals surface area contributed by atoms with Crippen LogP contribution in [0.25, 0.3) is 6.08 Å². The number of carbonyl (C=O) groups is 2. The van der Waals surface area contributed by atoms with Gasteiger partial charge >= 0.3 is 5.97 Å². The number of hydrogen-bond acceptors (Lipinski definition) is 4. The first-order valence-electron chi connectivity index (χ1n) is 7.39. The minimum Gasteiger partial charge on any atom is -0.452 e. The van der Waals surface area contributed by atoms with Gasteiger partial charge in [0.05, 0.1) is 11.3 Å². The van der Waals surface area contributed by atoms with E-state index in [1.807, 2.05) is 37.3 Å². The van der Waals surface area contributed by atoms with Crippen LogP contribution < -0.4 is 5.32 Å². The number of halogens is 1. The van der Waals surface area contributed by atoms with Crippen LogP contribution in [0.5, 0.6) is 0 Å². The molecule has 2 rings (SSSR count). The first-order chi connectivity index (χ1) is 12.0. The average Bonchev–Trinajstić information content (AvgIpc) is 2.58. The van der Waals surface area contributed by atoms with Gasteiger partial charge in [-0.2, -0.15) is 5.26 Å². The Labute approximate surface area is 150 Å². The molecular formula is C19H15ClN2O3. The highest BCUT2D eigenvalue weighted by Gasteiger charge is 2.09. The van der Waals surface area contributed by atoms with Crippen molar-refractivity contribution in [2.45, 2.75) is 6.92 Å². The van der Waals surface area contributed by atoms with Crippen LogP contribution in [-0.4, -0.2) is 18.5 Å². The maximum atomic E-state index is 11.9. The lowest BCUT2D eigenvalue weighted by Gasteiger charge is -2.07. The van der Waals surface area contributed by atoms with Gasteiger partial charge in [-0.15, -0.1) is 0 Å². The zero-order chi connectivity index (χ0) is 18.2. The molecule has 0 heterocycles. The van der Waals surface area contributed by atoms with Crippen molar-refractivity contribution in [3.63, 3.8) is 0 Å². The summed E-state index contributed by atoms with van der Waals surface area (Å²) in [5.41, 5.74) is 2.47. The highest BCUT2D eigenvalue weighted by molar-refractivity contribution is 6.31. The molecule has 0 fully saturated rings. The maximum absolute atomic E-state index is 11.9. The standard InChI is InChI=1S/C19H15ClN2O3/c1-13-3-2-4-14(9-13)5-8-19(24)25-12-18(23)22-17-10-16(20)7-6-15(17)11-21/h2-10H,12H2,1H3,(H,22,23)/b8-5+. The van der Waals surface area contributed by atoms with Crippen molar-refractivity contribution in [1.82, 2.24) is 0 Å². The van der Waals surface area contributed by atoms with Gasteiger partial charge in [-0.25, -0.2) is 4.79 Å². The van der Waals surface area contributed by atoms with E-state index in [2.05, 4.69) is 5.32 Å². The van der Waals surface area contributed by atoms with Crippen LogP contribution >= 0.6 is 11.6 Å². The fourth-order valence-electron chi connectivity index (χ4n) is 2.03. The van der Waals surface area contributed by atoms with Gasteiger partial charge in [0.1, 0.15) is 6.07 Å². The number of nitrogens with zero attached hydrogens (tertiary/aromatic N) is 1. The first kappa shape index (κ1) is 18.2. The van der Waals surface area contributed by atoms with Crippen molar-refractivity contribution >= 4 is 35.2 Å². The van der Waals surface area contributed by atoms with Crippen molar-refractivity contribution < 1.29 is 14.3 Å². The molecule has 1 amide bonds. The van der Waals surface area contributed by atoms with Crippen LogP contribution in [0.15, 0.2) is 48.5 Å². The fourth-order valence-corrected chi connectivity index (χ4v) is 2.20. The van der Waals surface area contributed by atoms with E-state index in [4.69, 9.17) is 21.6 Å². The van der Waals surface area contributed by atoms with Gasteiger partial charge in [-0.1, -0.05) is 41.4 Å². The molecule has 0 atom stereocenters. The van der Waals surface area contributed by atoms with Gasteiger partial charge in [0.25, 0.3) is 5.91 Å². The number of aryl methyl sites for hydroxylation is 1. The molecule has 0 aromatic heterocycles. The zero-order valence-corrected chi connectivity index (χ0v) is 14.2. The Hall–Kier alpha value is -3.10. The van der Waals surface area contributed by atoms with E-state index in [1.54, 1.807) is 12.1 Å². The second-order valence-corrected chi connectivity index (χ2v) is 5.64. The summed E-state index contributed by atoms with van der Waals surface area (Å²) in [5.74, 6) is -1.20. The summed E-state index contributed by atoms with van der Waals surface area (Å²) in [6, 6.07) is 14.0. The number of nitrogens with one attached hydrogen (secondary N) is 1. The Morgan fingerprint density at radius 2 is 2.08 bits per heavy atom. The van der Waals surface area contributed by atoms with Crippen molar-refractivity contribution in [3.8, 4) is 6.07 Å². The van der Waals surface area contributed by atoms with Gasteiger partial charge in [0.15, 0.2) is 6.61 Å². The molecule has 0 aliphatic rings. The second kappa shape index (κ2) is 8.67. The summed E-state index contributed by atoms with van der Waals surface area (Å²) in [6.45, 7) is 1.49. The molecule has 0 radical (unpaired) electrons. The van der Waals surface area contributed by atoms with Crippen molar-refractivity contribution in [2.75, 3.05) is 11.9 Å². The summed E-state index contributed by atoms with van der Waals surface area (Å²) in [7, 11) is 0. The van der Waals surface area contributed by atoms with Crippen molar-refractivity contribution in [2.24, 2.45) is 0 Å². The number of benzene rings is 2. The van der Waals surface area contributed by atoms with Crippen LogP contribution in [0.2, 0.25) is 5.02 Å². The molecule has 1 N–H and O–H groups in total. The predicted octanol–water partition coefficient (Wildman–Crippen LogP) is 3.72. The molecular weight excluding hydrogens is 340 g/mol. The number of amides is 1. The van der Waals surface area contributed by atoms with Gasteiger partial charge < -0.3 is 10.1 Å². The Kier molecular flexibility index (Phi) is 6.33. The lowest BCUT2D eigenvalue weighted by atomic mass is 10.1. The van der Waals surface area contributed by atoms with Crippen LogP contribution in [0, 0.1) is 18.3 Å². The van der Waals surface area contributed by atoms with E-state index in [9.17, 15) is 9.59 Å². The Morgan fingerprint density at radius 1 is 1.28 bits per heavy atom. The molecule has 126 valence electrons. The molecule has 5 nitrogen and oxygen atoms in total. The van der Waals surface area contributed by atoms with Crippen molar-refractivity contribution in [1.29, 1.82) is 5.26 Å². The number of hydrogen-bond donors (Lipinski definition) is 1. The third kappa shape index (κ3) is 5.79. The summed E-state index contributed by atoms with van der Waals surface area (Å²) in [4.78, 5) is 23.5. The summed E-state index contributed by atoms with van der Waals surface area (Å²) >= 11 is 5.84. The smallest absolute Gasteiger partial charge is 0.331 e. The molecule has 0 saturated carbocycles. The van der Waals surface area contributed by atoms with Crippen LogP contribution in [-0.2, 0) is 14.3 Å².